The summed E-state index contributed by atoms with van der Waals surface area (Å²) in [5.74, 6) is 0.239. The van der Waals surface area contributed by atoms with Crippen LogP contribution in [-0.2, 0) is 23.7 Å². The summed E-state index contributed by atoms with van der Waals surface area (Å²) in [5.41, 5.74) is 0. The third-order valence-electron chi connectivity index (χ3n) is 3.28. The molecule has 0 spiro atoms. The van der Waals surface area contributed by atoms with Crippen molar-refractivity contribution in [2.45, 2.75) is 39.5 Å². The summed E-state index contributed by atoms with van der Waals surface area (Å²) in [7, 11) is 0. The highest BCUT2D eigenvalue weighted by Gasteiger charge is 2.05. The van der Waals surface area contributed by atoms with Gasteiger partial charge in [0.15, 0.2) is 0 Å². The second-order valence-corrected chi connectivity index (χ2v) is 5.09. The minimum Gasteiger partial charge on any atom is -0.460 e. The van der Waals surface area contributed by atoms with E-state index in [1.54, 1.807) is 0 Å². The first-order chi connectivity index (χ1) is 10.7. The standard InChI is InChI=1S/C17H32O5/c1-4-7-8-16(5-2)15-21-12-11-19-9-10-20-13-14-22-17(18)6-3/h6,16H,3-5,7-15H2,1-2H3. The van der Waals surface area contributed by atoms with Crippen molar-refractivity contribution in [3.05, 3.63) is 12.7 Å². The molecule has 0 bridgehead atoms. The second kappa shape index (κ2) is 16.5. The van der Waals surface area contributed by atoms with Crippen molar-refractivity contribution in [3.63, 3.8) is 0 Å². The summed E-state index contributed by atoms with van der Waals surface area (Å²) >= 11 is 0. The van der Waals surface area contributed by atoms with Crippen LogP contribution in [0.4, 0.5) is 0 Å². The predicted molar refractivity (Wildman–Crippen MR) is 86.9 cm³/mol. The SMILES string of the molecule is C=CC(=O)OCCOCCOCCOCC(CC)CCCC. The van der Waals surface area contributed by atoms with Crippen molar-refractivity contribution < 1.29 is 23.7 Å². The van der Waals surface area contributed by atoms with Crippen molar-refractivity contribution in [1.82, 2.24) is 0 Å². The first-order valence-electron chi connectivity index (χ1n) is 8.26. The molecule has 0 aliphatic heterocycles. The van der Waals surface area contributed by atoms with Crippen LogP contribution in [0, 0.1) is 5.92 Å². The lowest BCUT2D eigenvalue weighted by molar-refractivity contribution is -0.139. The van der Waals surface area contributed by atoms with Gasteiger partial charge >= 0.3 is 5.97 Å². The highest BCUT2D eigenvalue weighted by Crippen LogP contribution is 2.12. The van der Waals surface area contributed by atoms with Gasteiger partial charge in [0.25, 0.3) is 0 Å². The molecule has 0 radical (unpaired) electrons. The van der Waals surface area contributed by atoms with Crippen LogP contribution in [0.5, 0.6) is 0 Å². The largest absolute Gasteiger partial charge is 0.460 e. The molecular weight excluding hydrogens is 284 g/mol. The molecule has 0 aromatic carbocycles. The summed E-state index contributed by atoms with van der Waals surface area (Å²) in [6.07, 6.45) is 6.07. The first kappa shape index (κ1) is 21.1. The van der Waals surface area contributed by atoms with Gasteiger partial charge in [-0.15, -0.1) is 0 Å². The van der Waals surface area contributed by atoms with E-state index in [0.29, 0.717) is 39.0 Å². The Bertz CT molecular complexity index is 268. The molecule has 1 atom stereocenters. The molecule has 0 amide bonds. The van der Waals surface area contributed by atoms with Gasteiger partial charge in [-0.1, -0.05) is 39.7 Å². The molecule has 0 aliphatic rings. The van der Waals surface area contributed by atoms with Crippen molar-refractivity contribution in [2.75, 3.05) is 46.2 Å². The van der Waals surface area contributed by atoms with E-state index in [0.717, 1.165) is 12.7 Å². The predicted octanol–water partition coefficient (Wildman–Crippen LogP) is 2.98. The molecule has 0 aromatic rings. The molecular formula is C17H32O5. The number of carbonyl (C=O) groups is 1. The minimum absolute atomic E-state index is 0.240. The van der Waals surface area contributed by atoms with E-state index in [1.807, 2.05) is 0 Å². The van der Waals surface area contributed by atoms with Crippen LogP contribution in [0.1, 0.15) is 39.5 Å². The Hall–Kier alpha value is -0.910. The second-order valence-electron chi connectivity index (χ2n) is 5.09. The third kappa shape index (κ3) is 14.0. The lowest BCUT2D eigenvalue weighted by atomic mass is 10.0. The van der Waals surface area contributed by atoms with E-state index in [2.05, 4.69) is 20.4 Å². The van der Waals surface area contributed by atoms with Gasteiger partial charge in [0.05, 0.1) is 33.0 Å². The Balaban J connectivity index is 3.22. The molecule has 5 nitrogen and oxygen atoms in total. The number of ether oxygens (including phenoxy) is 4. The zero-order valence-electron chi connectivity index (χ0n) is 14.2. The van der Waals surface area contributed by atoms with Crippen LogP contribution in [0.25, 0.3) is 0 Å². The lowest BCUT2D eigenvalue weighted by Crippen LogP contribution is -2.15. The zero-order chi connectivity index (χ0) is 16.5. The number of hydrogen-bond donors (Lipinski definition) is 0. The first-order valence-corrected chi connectivity index (χ1v) is 8.26. The average molecular weight is 316 g/mol. The fourth-order valence-corrected chi connectivity index (χ4v) is 1.85. The van der Waals surface area contributed by atoms with E-state index < -0.39 is 5.97 Å². The van der Waals surface area contributed by atoms with Gasteiger partial charge in [-0.25, -0.2) is 4.79 Å². The molecule has 0 saturated heterocycles. The van der Waals surface area contributed by atoms with Gasteiger partial charge < -0.3 is 18.9 Å². The van der Waals surface area contributed by atoms with Gasteiger partial charge in [-0.2, -0.15) is 0 Å². The summed E-state index contributed by atoms with van der Waals surface area (Å²) < 4.78 is 21.1. The summed E-state index contributed by atoms with van der Waals surface area (Å²) in [6.45, 7) is 11.4. The van der Waals surface area contributed by atoms with Gasteiger partial charge in [-0.05, 0) is 12.3 Å². The third-order valence-corrected chi connectivity index (χ3v) is 3.28. The maximum absolute atomic E-state index is 10.7. The van der Waals surface area contributed by atoms with Crippen LogP contribution < -0.4 is 0 Å². The van der Waals surface area contributed by atoms with Crippen molar-refractivity contribution in [1.29, 1.82) is 0 Å². The lowest BCUT2D eigenvalue weighted by Gasteiger charge is -2.14. The highest BCUT2D eigenvalue weighted by molar-refractivity contribution is 5.81. The smallest absolute Gasteiger partial charge is 0.330 e. The molecule has 0 saturated carbocycles. The van der Waals surface area contributed by atoms with Crippen LogP contribution >= 0.6 is 0 Å². The van der Waals surface area contributed by atoms with E-state index in [4.69, 9.17) is 18.9 Å². The molecule has 0 aromatic heterocycles. The Morgan fingerprint density at radius 1 is 1.00 bits per heavy atom. The van der Waals surface area contributed by atoms with Crippen molar-refractivity contribution in [3.8, 4) is 0 Å². The molecule has 0 N–H and O–H groups in total. The monoisotopic (exact) mass is 316 g/mol. The van der Waals surface area contributed by atoms with Gasteiger partial charge in [0.2, 0.25) is 0 Å². The van der Waals surface area contributed by atoms with Crippen LogP contribution in [0.2, 0.25) is 0 Å². The number of rotatable bonds is 16. The highest BCUT2D eigenvalue weighted by atomic mass is 16.6. The Morgan fingerprint density at radius 2 is 1.59 bits per heavy atom. The van der Waals surface area contributed by atoms with E-state index in [9.17, 15) is 4.79 Å². The maximum Gasteiger partial charge on any atom is 0.330 e. The van der Waals surface area contributed by atoms with E-state index in [-0.39, 0.29) is 6.61 Å². The maximum atomic E-state index is 10.7. The van der Waals surface area contributed by atoms with Gasteiger partial charge in [0.1, 0.15) is 6.61 Å². The summed E-state index contributed by atoms with van der Waals surface area (Å²) in [4.78, 5) is 10.7. The molecule has 0 heterocycles. The summed E-state index contributed by atoms with van der Waals surface area (Å²) in [6, 6.07) is 0. The number of carbonyl (C=O) groups excluding carboxylic acids is 1. The molecule has 0 aliphatic carbocycles. The number of unbranched alkanes of at least 4 members (excludes halogenated alkanes) is 1. The Labute approximate surface area is 135 Å². The molecule has 5 heteroatoms. The van der Waals surface area contributed by atoms with Crippen molar-refractivity contribution >= 4 is 5.97 Å². The number of esters is 1. The number of hydrogen-bond acceptors (Lipinski definition) is 5. The Kier molecular flexibility index (Phi) is 15.8. The minimum atomic E-state index is -0.429. The molecule has 0 fully saturated rings. The zero-order valence-corrected chi connectivity index (χ0v) is 14.2. The molecule has 1 unspecified atom stereocenters. The van der Waals surface area contributed by atoms with E-state index >= 15 is 0 Å². The Morgan fingerprint density at radius 3 is 2.14 bits per heavy atom. The quantitative estimate of drug-likeness (QED) is 0.249. The van der Waals surface area contributed by atoms with Gasteiger partial charge in [-0.3, -0.25) is 0 Å². The molecule has 130 valence electrons. The van der Waals surface area contributed by atoms with Gasteiger partial charge in [0, 0.05) is 12.7 Å². The summed E-state index contributed by atoms with van der Waals surface area (Å²) in [5, 5.41) is 0. The fourth-order valence-electron chi connectivity index (χ4n) is 1.85. The van der Waals surface area contributed by atoms with E-state index in [1.165, 1.54) is 25.7 Å². The van der Waals surface area contributed by atoms with Crippen molar-refractivity contribution in [2.24, 2.45) is 5.92 Å². The molecule has 0 rings (SSSR count). The van der Waals surface area contributed by atoms with Crippen LogP contribution in [0.3, 0.4) is 0 Å². The normalized spacial score (nSPS) is 12.1. The van der Waals surface area contributed by atoms with Crippen LogP contribution in [-0.4, -0.2) is 52.2 Å². The van der Waals surface area contributed by atoms with Crippen LogP contribution in [0.15, 0.2) is 12.7 Å². The molecule has 22 heavy (non-hydrogen) atoms. The fraction of sp³-hybridized carbons (Fsp3) is 0.824. The average Bonchev–Trinajstić information content (AvgIpc) is 2.54. The topological polar surface area (TPSA) is 54.0 Å².